The maximum atomic E-state index is 13.1. The smallest absolute Gasteiger partial charge is 0.324 e. The second kappa shape index (κ2) is 10.7. The van der Waals surface area contributed by atoms with Crippen LogP contribution in [0.1, 0.15) is 58.7 Å². The third-order valence-electron chi connectivity index (χ3n) is 6.82. The van der Waals surface area contributed by atoms with Gasteiger partial charge < -0.3 is 10.4 Å². The van der Waals surface area contributed by atoms with Crippen LogP contribution in [-0.2, 0) is 16.6 Å². The zero-order chi connectivity index (χ0) is 27.5. The second-order valence-electron chi connectivity index (χ2n) is 11.1. The number of fused-ring (bicyclic) bond motifs is 1. The van der Waals surface area contributed by atoms with Crippen LogP contribution in [0.15, 0.2) is 72.8 Å². The lowest BCUT2D eigenvalue weighted by Crippen LogP contribution is -2.30. The van der Waals surface area contributed by atoms with Gasteiger partial charge in [0.05, 0.1) is 22.5 Å². The molecule has 4 aromatic rings. The van der Waals surface area contributed by atoms with Crippen LogP contribution in [-0.4, -0.2) is 26.9 Å². The number of carboxylic acid groups (broad SMARTS) is 1. The van der Waals surface area contributed by atoms with Crippen molar-refractivity contribution in [2.45, 2.75) is 59.3 Å². The number of hydrogen-bond donors (Lipinski definition) is 3. The zero-order valence-electron chi connectivity index (χ0n) is 22.7. The Bertz CT molecular complexity index is 1460. The highest BCUT2D eigenvalue weighted by Gasteiger charge is 2.32. The van der Waals surface area contributed by atoms with Gasteiger partial charge in [0.1, 0.15) is 5.82 Å². The maximum Gasteiger partial charge on any atom is 0.324 e. The predicted octanol–water partition coefficient (Wildman–Crippen LogP) is 7.40. The fraction of sp³-hybridized carbons (Fsp3) is 0.323. The SMILES string of the molecule is CCCC(C)(Cc1cccc(-n2nc(C(C)(C)C)cc2NC(=O)Nc2cccc3ccccc23)c1)C(=O)O. The first-order valence-electron chi connectivity index (χ1n) is 13.0. The van der Waals surface area contributed by atoms with Crippen molar-refractivity contribution in [3.8, 4) is 5.69 Å². The molecule has 4 rings (SSSR count). The summed E-state index contributed by atoms with van der Waals surface area (Å²) in [5.74, 6) is -0.273. The summed E-state index contributed by atoms with van der Waals surface area (Å²) in [5.41, 5.74) is 2.10. The second-order valence-corrected chi connectivity index (χ2v) is 11.1. The average Bonchev–Trinajstić information content (AvgIpc) is 3.29. The summed E-state index contributed by atoms with van der Waals surface area (Å²) < 4.78 is 1.71. The molecule has 198 valence electrons. The van der Waals surface area contributed by atoms with Gasteiger partial charge in [-0.1, -0.05) is 82.6 Å². The van der Waals surface area contributed by atoms with E-state index in [1.54, 1.807) is 11.6 Å². The molecule has 0 aliphatic heterocycles. The first-order chi connectivity index (χ1) is 18.0. The van der Waals surface area contributed by atoms with Crippen LogP contribution in [0, 0.1) is 5.41 Å². The van der Waals surface area contributed by atoms with Crippen LogP contribution < -0.4 is 10.6 Å². The van der Waals surface area contributed by atoms with E-state index in [4.69, 9.17) is 5.10 Å². The lowest BCUT2D eigenvalue weighted by atomic mass is 9.80. The van der Waals surface area contributed by atoms with Crippen LogP contribution in [0.4, 0.5) is 16.3 Å². The van der Waals surface area contributed by atoms with Crippen LogP contribution in [0.5, 0.6) is 0 Å². The molecular weight excluding hydrogens is 476 g/mol. The van der Waals surface area contributed by atoms with E-state index in [9.17, 15) is 14.7 Å². The van der Waals surface area contributed by atoms with Crippen molar-refractivity contribution < 1.29 is 14.7 Å². The Morgan fingerprint density at radius 3 is 2.34 bits per heavy atom. The van der Waals surface area contributed by atoms with Gasteiger partial charge in [-0.3, -0.25) is 10.1 Å². The summed E-state index contributed by atoms with van der Waals surface area (Å²) >= 11 is 0. The fourth-order valence-corrected chi connectivity index (χ4v) is 4.71. The number of urea groups is 1. The molecule has 1 unspecified atom stereocenters. The number of aromatic nitrogens is 2. The van der Waals surface area contributed by atoms with Gasteiger partial charge in [-0.15, -0.1) is 0 Å². The Labute approximate surface area is 223 Å². The molecule has 0 spiro atoms. The Balaban J connectivity index is 1.66. The number of carbonyl (C=O) groups excluding carboxylic acids is 1. The minimum Gasteiger partial charge on any atom is -0.481 e. The monoisotopic (exact) mass is 512 g/mol. The number of hydrogen-bond acceptors (Lipinski definition) is 3. The Morgan fingerprint density at radius 1 is 0.921 bits per heavy atom. The number of aliphatic carboxylic acids is 1. The summed E-state index contributed by atoms with van der Waals surface area (Å²) in [4.78, 5) is 25.2. The van der Waals surface area contributed by atoms with Gasteiger partial charge in [0, 0.05) is 16.9 Å². The molecule has 3 N–H and O–H groups in total. The summed E-state index contributed by atoms with van der Waals surface area (Å²) in [5, 5.41) is 22.6. The Hall–Kier alpha value is -4.13. The first-order valence-corrected chi connectivity index (χ1v) is 13.0. The maximum absolute atomic E-state index is 13.1. The molecule has 0 bridgehead atoms. The zero-order valence-corrected chi connectivity index (χ0v) is 22.7. The van der Waals surface area contributed by atoms with E-state index < -0.39 is 11.4 Å². The van der Waals surface area contributed by atoms with Crippen LogP contribution in [0.2, 0.25) is 0 Å². The normalized spacial score (nSPS) is 13.2. The minimum absolute atomic E-state index is 0.242. The molecule has 0 aliphatic carbocycles. The third-order valence-corrected chi connectivity index (χ3v) is 6.82. The third kappa shape index (κ3) is 5.88. The number of carboxylic acids is 1. The van der Waals surface area contributed by atoms with E-state index in [-0.39, 0.29) is 11.4 Å². The molecule has 1 heterocycles. The summed E-state index contributed by atoms with van der Waals surface area (Å²) in [6.07, 6.45) is 1.78. The van der Waals surface area contributed by atoms with Crippen molar-refractivity contribution in [1.82, 2.24) is 9.78 Å². The summed E-state index contributed by atoms with van der Waals surface area (Å²) in [7, 11) is 0. The molecule has 2 amide bonds. The topological polar surface area (TPSA) is 96.3 Å². The minimum atomic E-state index is -0.854. The summed E-state index contributed by atoms with van der Waals surface area (Å²) in [6.45, 7) is 10.00. The molecular formula is C31H36N4O3. The molecule has 0 radical (unpaired) electrons. The highest BCUT2D eigenvalue weighted by molar-refractivity contribution is 6.06. The first kappa shape index (κ1) is 26.9. The van der Waals surface area contributed by atoms with Gasteiger partial charge in [-0.25, -0.2) is 9.48 Å². The number of rotatable bonds is 8. The number of nitrogens with zero attached hydrogens (tertiary/aromatic N) is 2. The number of anilines is 2. The molecule has 0 saturated carbocycles. The quantitative estimate of drug-likeness (QED) is 0.229. The van der Waals surface area contributed by atoms with E-state index in [2.05, 4.69) is 31.4 Å². The van der Waals surface area contributed by atoms with E-state index in [1.165, 1.54) is 0 Å². The van der Waals surface area contributed by atoms with Crippen LogP contribution in [0.3, 0.4) is 0 Å². The lowest BCUT2D eigenvalue weighted by molar-refractivity contribution is -0.148. The van der Waals surface area contributed by atoms with E-state index in [1.807, 2.05) is 79.7 Å². The lowest BCUT2D eigenvalue weighted by Gasteiger charge is -2.24. The van der Waals surface area contributed by atoms with E-state index in [0.29, 0.717) is 24.3 Å². The van der Waals surface area contributed by atoms with Crippen molar-refractivity contribution in [3.63, 3.8) is 0 Å². The molecule has 0 aliphatic rings. The van der Waals surface area contributed by atoms with Crippen LogP contribution >= 0.6 is 0 Å². The highest BCUT2D eigenvalue weighted by Crippen LogP contribution is 2.31. The molecule has 3 aromatic carbocycles. The number of nitrogens with one attached hydrogen (secondary N) is 2. The molecule has 0 saturated heterocycles. The van der Waals surface area contributed by atoms with Gasteiger partial charge in [-0.05, 0) is 48.9 Å². The van der Waals surface area contributed by atoms with Crippen LogP contribution in [0.25, 0.3) is 16.5 Å². The Morgan fingerprint density at radius 2 is 1.63 bits per heavy atom. The standard InChI is InChI=1S/C31H36N4O3/c1-6-17-31(5,28(36)37)20-21-11-9-14-23(18-21)35-27(19-26(34-35)30(2,3)4)33-29(38)32-25-16-10-13-22-12-7-8-15-24(22)25/h7-16,18-19H,6,17,20H2,1-5H3,(H,36,37)(H2,32,33,38). The fourth-order valence-electron chi connectivity index (χ4n) is 4.71. The number of amides is 2. The van der Waals surface area contributed by atoms with Gasteiger partial charge in [0.25, 0.3) is 0 Å². The number of benzene rings is 3. The molecule has 1 atom stereocenters. The summed E-state index contributed by atoms with van der Waals surface area (Å²) in [6, 6.07) is 22.9. The number of carbonyl (C=O) groups is 2. The van der Waals surface area contributed by atoms with E-state index in [0.717, 1.165) is 34.1 Å². The van der Waals surface area contributed by atoms with Crippen molar-refractivity contribution in [2.75, 3.05) is 10.6 Å². The highest BCUT2D eigenvalue weighted by atomic mass is 16.4. The predicted molar refractivity (Wildman–Crippen MR) is 153 cm³/mol. The molecule has 1 aromatic heterocycles. The molecule has 0 fully saturated rings. The molecule has 7 nitrogen and oxygen atoms in total. The largest absolute Gasteiger partial charge is 0.481 e. The van der Waals surface area contributed by atoms with E-state index >= 15 is 0 Å². The van der Waals surface area contributed by atoms with Crippen molar-refractivity contribution in [3.05, 3.63) is 84.1 Å². The average molecular weight is 513 g/mol. The van der Waals surface area contributed by atoms with Gasteiger partial charge in [0.2, 0.25) is 0 Å². The van der Waals surface area contributed by atoms with Gasteiger partial charge >= 0.3 is 12.0 Å². The van der Waals surface area contributed by atoms with Gasteiger partial charge in [-0.2, -0.15) is 5.10 Å². The molecule has 38 heavy (non-hydrogen) atoms. The van der Waals surface area contributed by atoms with Crippen molar-refractivity contribution in [2.24, 2.45) is 5.41 Å². The van der Waals surface area contributed by atoms with Crippen molar-refractivity contribution >= 4 is 34.3 Å². The van der Waals surface area contributed by atoms with Gasteiger partial charge in [0.15, 0.2) is 0 Å². The Kier molecular flexibility index (Phi) is 7.58. The van der Waals surface area contributed by atoms with Crippen molar-refractivity contribution in [1.29, 1.82) is 0 Å². The molecule has 7 heteroatoms.